The van der Waals surface area contributed by atoms with Crippen molar-refractivity contribution in [3.63, 3.8) is 0 Å². The summed E-state index contributed by atoms with van der Waals surface area (Å²) in [7, 11) is 0. The second-order valence-electron chi connectivity index (χ2n) is 22.7. The second-order valence-corrected chi connectivity index (χ2v) is 22.7. The number of hydrogen-bond donors (Lipinski definition) is 0. The maximum atomic E-state index is 12.9. The minimum Gasteiger partial charge on any atom is -0.462 e. The number of hydrogen-bond acceptors (Lipinski definition) is 6. The summed E-state index contributed by atoms with van der Waals surface area (Å²) in [6.45, 7) is 6.52. The van der Waals surface area contributed by atoms with E-state index in [1.165, 1.54) is 180 Å². The van der Waals surface area contributed by atoms with Gasteiger partial charge in [-0.05, 0) is 109 Å². The predicted molar refractivity (Wildman–Crippen MR) is 353 cm³/mol. The van der Waals surface area contributed by atoms with Gasteiger partial charge in [-0.2, -0.15) is 0 Å². The molecule has 464 valence electrons. The van der Waals surface area contributed by atoms with Crippen LogP contribution >= 0.6 is 0 Å². The fraction of sp³-hybridized carbons (Fsp3) is 0.720. The standard InChI is InChI=1S/C75H128O6/c1-4-7-10-13-16-19-22-24-26-28-30-31-32-33-34-35-36-37-38-39-40-41-42-43-45-46-48-50-53-56-59-62-65-68-74(77)80-71-72(70-79-73(76)67-64-61-58-55-52-21-18-15-12-9-6-3)81-75(78)69-66-63-60-57-54-51-49-47-44-29-27-25-23-20-17-14-11-8-5-2/h7,10,16-17,19-20,24-27,30-31,33-34,36-37,39-40,72H,4-6,8-9,11-15,18,21-23,28-29,32,35,38,41-71H2,1-3H3/b10-7-,19-16-,20-17-,26-24-,27-25-,31-30-,34-33-,37-36-,40-39-. The Morgan fingerprint density at radius 3 is 0.778 bits per heavy atom. The molecule has 1 atom stereocenters. The summed E-state index contributed by atoms with van der Waals surface area (Å²) in [6, 6.07) is 0. The first-order valence-electron chi connectivity index (χ1n) is 34.4. The number of esters is 3. The molecule has 0 spiro atoms. The van der Waals surface area contributed by atoms with Crippen molar-refractivity contribution < 1.29 is 28.6 Å². The second kappa shape index (κ2) is 68.6. The molecule has 0 aromatic heterocycles. The lowest BCUT2D eigenvalue weighted by atomic mass is 10.0. The van der Waals surface area contributed by atoms with E-state index >= 15 is 0 Å². The Morgan fingerprint density at radius 2 is 0.481 bits per heavy atom. The third-order valence-electron chi connectivity index (χ3n) is 14.8. The molecule has 0 aliphatic rings. The summed E-state index contributed by atoms with van der Waals surface area (Å²) in [6.07, 6.45) is 93.9. The van der Waals surface area contributed by atoms with Gasteiger partial charge in [-0.1, -0.05) is 310 Å². The van der Waals surface area contributed by atoms with Crippen molar-refractivity contribution in [3.05, 3.63) is 109 Å². The average Bonchev–Trinajstić information content (AvgIpc) is 3.47. The highest BCUT2D eigenvalue weighted by atomic mass is 16.6. The van der Waals surface area contributed by atoms with Gasteiger partial charge in [-0.3, -0.25) is 14.4 Å². The molecule has 0 saturated heterocycles. The smallest absolute Gasteiger partial charge is 0.306 e. The van der Waals surface area contributed by atoms with Gasteiger partial charge >= 0.3 is 17.9 Å². The van der Waals surface area contributed by atoms with Gasteiger partial charge in [-0.15, -0.1) is 0 Å². The van der Waals surface area contributed by atoms with E-state index in [9.17, 15) is 14.4 Å². The van der Waals surface area contributed by atoms with Crippen LogP contribution < -0.4 is 0 Å². The largest absolute Gasteiger partial charge is 0.462 e. The quantitative estimate of drug-likeness (QED) is 0.0261. The van der Waals surface area contributed by atoms with E-state index in [-0.39, 0.29) is 31.1 Å². The highest BCUT2D eigenvalue weighted by Gasteiger charge is 2.19. The molecule has 0 amide bonds. The van der Waals surface area contributed by atoms with E-state index in [2.05, 4.69) is 130 Å². The Hall–Kier alpha value is -3.93. The first-order chi connectivity index (χ1) is 40.0. The van der Waals surface area contributed by atoms with Gasteiger partial charge in [0.2, 0.25) is 0 Å². The van der Waals surface area contributed by atoms with Gasteiger partial charge in [0.25, 0.3) is 0 Å². The molecule has 1 unspecified atom stereocenters. The first kappa shape index (κ1) is 77.1. The first-order valence-corrected chi connectivity index (χ1v) is 34.4. The van der Waals surface area contributed by atoms with Crippen molar-refractivity contribution >= 4 is 17.9 Å². The summed E-state index contributed by atoms with van der Waals surface area (Å²) in [5.41, 5.74) is 0. The van der Waals surface area contributed by atoms with E-state index in [0.29, 0.717) is 19.3 Å². The van der Waals surface area contributed by atoms with Gasteiger partial charge in [0.05, 0.1) is 0 Å². The molecule has 6 nitrogen and oxygen atoms in total. The van der Waals surface area contributed by atoms with E-state index in [1.54, 1.807) is 0 Å². The number of ether oxygens (including phenoxy) is 3. The fourth-order valence-corrected chi connectivity index (χ4v) is 9.63. The molecule has 0 aromatic rings. The van der Waals surface area contributed by atoms with E-state index in [4.69, 9.17) is 14.2 Å². The summed E-state index contributed by atoms with van der Waals surface area (Å²) >= 11 is 0. The molecule has 0 bridgehead atoms. The highest BCUT2D eigenvalue weighted by molar-refractivity contribution is 5.71. The van der Waals surface area contributed by atoms with Crippen LogP contribution in [0.5, 0.6) is 0 Å². The normalized spacial score (nSPS) is 12.8. The molecule has 0 heterocycles. The van der Waals surface area contributed by atoms with Crippen LogP contribution in [0.2, 0.25) is 0 Å². The van der Waals surface area contributed by atoms with Crippen LogP contribution in [0.3, 0.4) is 0 Å². The number of rotatable bonds is 62. The molecular weight excluding hydrogens is 997 g/mol. The van der Waals surface area contributed by atoms with Crippen molar-refractivity contribution in [2.75, 3.05) is 13.2 Å². The number of carbonyl (C=O) groups is 3. The Kier molecular flexibility index (Phi) is 65.2. The molecular formula is C75H128O6. The topological polar surface area (TPSA) is 78.9 Å². The molecule has 6 heteroatoms. The maximum Gasteiger partial charge on any atom is 0.306 e. The molecule has 0 N–H and O–H groups in total. The predicted octanol–water partition coefficient (Wildman–Crippen LogP) is 23.8. The van der Waals surface area contributed by atoms with Crippen LogP contribution in [-0.2, 0) is 28.6 Å². The Morgan fingerprint density at radius 1 is 0.259 bits per heavy atom. The zero-order valence-corrected chi connectivity index (χ0v) is 53.3. The molecule has 0 radical (unpaired) electrons. The number of carbonyl (C=O) groups excluding carboxylic acids is 3. The highest BCUT2D eigenvalue weighted by Crippen LogP contribution is 2.17. The summed E-state index contributed by atoms with van der Waals surface area (Å²) in [4.78, 5) is 38.3. The summed E-state index contributed by atoms with van der Waals surface area (Å²) in [5.74, 6) is -0.873. The van der Waals surface area contributed by atoms with Crippen LogP contribution in [-0.4, -0.2) is 37.2 Å². The van der Waals surface area contributed by atoms with E-state index in [0.717, 1.165) is 109 Å². The zero-order valence-electron chi connectivity index (χ0n) is 53.3. The van der Waals surface area contributed by atoms with Crippen molar-refractivity contribution in [1.82, 2.24) is 0 Å². The molecule has 0 aromatic carbocycles. The Labute approximate surface area is 501 Å². The Bertz CT molecular complexity index is 1620. The van der Waals surface area contributed by atoms with Gasteiger partial charge in [0, 0.05) is 19.3 Å². The lowest BCUT2D eigenvalue weighted by Gasteiger charge is -2.18. The van der Waals surface area contributed by atoms with Crippen molar-refractivity contribution in [3.8, 4) is 0 Å². The van der Waals surface area contributed by atoms with E-state index < -0.39 is 6.10 Å². The van der Waals surface area contributed by atoms with Crippen molar-refractivity contribution in [1.29, 1.82) is 0 Å². The number of unbranched alkanes of at least 4 members (excludes halogenated alkanes) is 33. The lowest BCUT2D eigenvalue weighted by Crippen LogP contribution is -2.30. The third kappa shape index (κ3) is 66.8. The van der Waals surface area contributed by atoms with Gasteiger partial charge in [0.1, 0.15) is 13.2 Å². The molecule has 0 aliphatic carbocycles. The van der Waals surface area contributed by atoms with Crippen LogP contribution in [0.1, 0.15) is 329 Å². The molecule has 81 heavy (non-hydrogen) atoms. The third-order valence-corrected chi connectivity index (χ3v) is 14.8. The van der Waals surface area contributed by atoms with Gasteiger partial charge in [0.15, 0.2) is 6.10 Å². The lowest BCUT2D eigenvalue weighted by molar-refractivity contribution is -0.167. The minimum absolute atomic E-state index is 0.0770. The molecule has 0 fully saturated rings. The number of allylic oxidation sites excluding steroid dienone is 18. The molecule has 0 aliphatic heterocycles. The van der Waals surface area contributed by atoms with Crippen molar-refractivity contribution in [2.24, 2.45) is 0 Å². The summed E-state index contributed by atoms with van der Waals surface area (Å²) < 4.78 is 16.9. The SMILES string of the molecule is CC/C=C\C/C=C\C/C=C\C/C=C\C/C=C\C/C=C\C/C=C\CCCCCCCCCCCCCC(=O)OCC(COC(=O)CCCCCCCCCCCCC)OC(=O)CCCCCCCCCCC/C=C\C/C=C\CCCCC. The summed E-state index contributed by atoms with van der Waals surface area (Å²) in [5, 5.41) is 0. The minimum atomic E-state index is -0.781. The monoisotopic (exact) mass is 1120 g/mol. The van der Waals surface area contributed by atoms with Gasteiger partial charge in [-0.25, -0.2) is 0 Å². The van der Waals surface area contributed by atoms with Crippen molar-refractivity contribution in [2.45, 2.75) is 335 Å². The van der Waals surface area contributed by atoms with E-state index in [1.807, 2.05) is 0 Å². The van der Waals surface area contributed by atoms with Crippen LogP contribution in [0.25, 0.3) is 0 Å². The average molecular weight is 1130 g/mol. The van der Waals surface area contributed by atoms with Crippen LogP contribution in [0, 0.1) is 0 Å². The molecule has 0 saturated carbocycles. The Balaban J connectivity index is 4.21. The van der Waals surface area contributed by atoms with Gasteiger partial charge < -0.3 is 14.2 Å². The fourth-order valence-electron chi connectivity index (χ4n) is 9.63. The maximum absolute atomic E-state index is 12.9. The zero-order chi connectivity index (χ0) is 58.5. The van der Waals surface area contributed by atoms with Crippen LogP contribution in [0.4, 0.5) is 0 Å². The molecule has 0 rings (SSSR count). The van der Waals surface area contributed by atoms with Crippen LogP contribution in [0.15, 0.2) is 109 Å².